The number of aryl methyl sites for hydroxylation is 2. The number of hydrogen-bond donors (Lipinski definition) is 1. The Morgan fingerprint density at radius 2 is 1.83 bits per heavy atom. The van der Waals surface area contributed by atoms with Crippen LogP contribution in [0.15, 0.2) is 18.2 Å². The average molecular weight is 351 g/mol. The zero-order valence-corrected chi connectivity index (χ0v) is 15.7. The number of piperidine rings is 1. The van der Waals surface area contributed by atoms with Crippen molar-refractivity contribution in [3.63, 3.8) is 0 Å². The van der Waals surface area contributed by atoms with Crippen LogP contribution in [0.25, 0.3) is 0 Å². The molecular weight excluding hydrogens is 324 g/mol. The summed E-state index contributed by atoms with van der Waals surface area (Å²) in [4.78, 5) is 26.7. The Bertz CT molecular complexity index is 620. The molecule has 24 heavy (non-hydrogen) atoms. The molecule has 2 rings (SSSR count). The average Bonchev–Trinajstić information content (AvgIpc) is 2.57. The lowest BCUT2D eigenvalue weighted by molar-refractivity contribution is -0.129. The summed E-state index contributed by atoms with van der Waals surface area (Å²) in [6.07, 6.45) is 1.56. The van der Waals surface area contributed by atoms with Gasteiger partial charge in [0.15, 0.2) is 0 Å². The van der Waals surface area contributed by atoms with Gasteiger partial charge in [0.2, 0.25) is 5.91 Å². The summed E-state index contributed by atoms with van der Waals surface area (Å²) in [6.45, 7) is 9.07. The van der Waals surface area contributed by atoms with Gasteiger partial charge < -0.3 is 10.2 Å². The van der Waals surface area contributed by atoms with E-state index in [2.05, 4.69) is 5.32 Å². The summed E-state index contributed by atoms with van der Waals surface area (Å²) in [5, 5.41) is 3.06. The first-order valence-corrected chi connectivity index (χ1v) is 9.01. The largest absolute Gasteiger partial charge is 0.353 e. The number of rotatable bonds is 4. The van der Waals surface area contributed by atoms with Crippen LogP contribution in [0.4, 0.5) is 0 Å². The zero-order chi connectivity index (χ0) is 17.9. The molecule has 2 amide bonds. The van der Waals surface area contributed by atoms with Crippen LogP contribution in [-0.4, -0.2) is 41.7 Å². The molecule has 0 saturated carbocycles. The molecule has 1 N–H and O–H groups in total. The number of carbonyl (C=O) groups excluding carboxylic acids is 2. The Morgan fingerprint density at radius 1 is 1.21 bits per heavy atom. The lowest BCUT2D eigenvalue weighted by atomic mass is 9.93. The number of alkyl halides is 1. The maximum Gasteiger partial charge on any atom is 0.253 e. The van der Waals surface area contributed by atoms with E-state index in [4.69, 9.17) is 11.6 Å². The van der Waals surface area contributed by atoms with Crippen molar-refractivity contribution in [3.8, 4) is 0 Å². The molecule has 1 heterocycles. The highest BCUT2D eigenvalue weighted by atomic mass is 35.5. The van der Waals surface area contributed by atoms with Gasteiger partial charge >= 0.3 is 0 Å². The van der Waals surface area contributed by atoms with Crippen molar-refractivity contribution in [3.05, 3.63) is 34.9 Å². The van der Waals surface area contributed by atoms with Gasteiger partial charge in [-0.2, -0.15) is 0 Å². The van der Waals surface area contributed by atoms with Crippen LogP contribution in [0, 0.1) is 19.3 Å². The molecule has 0 radical (unpaired) electrons. The van der Waals surface area contributed by atoms with Crippen LogP contribution in [0.1, 0.15) is 48.2 Å². The summed E-state index contributed by atoms with van der Waals surface area (Å²) in [5.41, 5.74) is 2.50. The van der Waals surface area contributed by atoms with Crippen molar-refractivity contribution >= 4 is 23.4 Å². The van der Waals surface area contributed by atoms with Crippen molar-refractivity contribution in [2.45, 2.75) is 46.6 Å². The molecule has 4 nitrogen and oxygen atoms in total. The smallest absolute Gasteiger partial charge is 0.253 e. The van der Waals surface area contributed by atoms with Crippen LogP contribution in [0.3, 0.4) is 0 Å². The zero-order valence-electron chi connectivity index (χ0n) is 15.0. The molecule has 0 atom stereocenters. The summed E-state index contributed by atoms with van der Waals surface area (Å²) < 4.78 is 0. The van der Waals surface area contributed by atoms with Crippen LogP contribution >= 0.6 is 11.6 Å². The normalized spacial score (nSPS) is 16.1. The van der Waals surface area contributed by atoms with E-state index in [-0.39, 0.29) is 17.9 Å². The van der Waals surface area contributed by atoms with Gasteiger partial charge in [-0.15, -0.1) is 11.6 Å². The molecule has 1 saturated heterocycles. The Morgan fingerprint density at radius 3 is 2.38 bits per heavy atom. The molecule has 1 aliphatic rings. The standard InChI is InChI=1S/C19H27ClN2O2/c1-13-5-6-15(11-14(13)2)17(23)22-9-7-16(8-10-22)21-18(24)19(3,4)12-20/h5-6,11,16H,7-10,12H2,1-4H3,(H,21,24). The second-order valence-electron chi connectivity index (χ2n) is 7.36. The molecule has 0 aromatic heterocycles. The van der Waals surface area contributed by atoms with Crippen LogP contribution in [0.2, 0.25) is 0 Å². The highest BCUT2D eigenvalue weighted by Gasteiger charge is 2.30. The number of likely N-dealkylation sites (tertiary alicyclic amines) is 1. The van der Waals surface area contributed by atoms with E-state index in [9.17, 15) is 9.59 Å². The third-order valence-electron chi connectivity index (χ3n) is 4.82. The Hall–Kier alpha value is -1.55. The van der Waals surface area contributed by atoms with Gasteiger partial charge in [-0.3, -0.25) is 9.59 Å². The first-order valence-electron chi connectivity index (χ1n) is 8.48. The van der Waals surface area contributed by atoms with Gasteiger partial charge in [0.05, 0.1) is 5.41 Å². The van der Waals surface area contributed by atoms with E-state index in [0.717, 1.165) is 24.0 Å². The fourth-order valence-corrected chi connectivity index (χ4v) is 2.85. The number of benzene rings is 1. The number of nitrogens with one attached hydrogen (secondary N) is 1. The number of nitrogens with zero attached hydrogens (tertiary/aromatic N) is 1. The van der Waals surface area contributed by atoms with Crippen LogP contribution in [-0.2, 0) is 4.79 Å². The van der Waals surface area contributed by atoms with Crippen molar-refractivity contribution in [2.75, 3.05) is 19.0 Å². The van der Waals surface area contributed by atoms with Gasteiger partial charge in [-0.25, -0.2) is 0 Å². The van der Waals surface area contributed by atoms with Gasteiger partial charge in [0.25, 0.3) is 5.91 Å². The topological polar surface area (TPSA) is 49.4 Å². The predicted molar refractivity (Wildman–Crippen MR) is 97.5 cm³/mol. The quantitative estimate of drug-likeness (QED) is 0.847. The monoisotopic (exact) mass is 350 g/mol. The summed E-state index contributed by atoms with van der Waals surface area (Å²) in [6, 6.07) is 5.95. The van der Waals surface area contributed by atoms with Gasteiger partial charge in [0.1, 0.15) is 0 Å². The van der Waals surface area contributed by atoms with Gasteiger partial charge in [-0.05, 0) is 63.8 Å². The maximum atomic E-state index is 12.6. The molecule has 1 aromatic rings. The lowest BCUT2D eigenvalue weighted by Crippen LogP contribution is -2.49. The lowest BCUT2D eigenvalue weighted by Gasteiger charge is -2.34. The van der Waals surface area contributed by atoms with Gasteiger partial charge in [-0.1, -0.05) is 6.07 Å². The number of halogens is 1. The highest BCUT2D eigenvalue weighted by Crippen LogP contribution is 2.20. The van der Waals surface area contributed by atoms with E-state index < -0.39 is 5.41 Å². The minimum absolute atomic E-state index is 0.0172. The Labute approximate surface area is 149 Å². The van der Waals surface area contributed by atoms with Gasteiger partial charge in [0, 0.05) is 30.6 Å². The van der Waals surface area contributed by atoms with E-state index in [1.807, 2.05) is 50.8 Å². The Balaban J connectivity index is 1.91. The van der Waals surface area contributed by atoms with Crippen LogP contribution < -0.4 is 5.32 Å². The predicted octanol–water partition coefficient (Wildman–Crippen LogP) is 3.29. The number of hydrogen-bond acceptors (Lipinski definition) is 2. The second-order valence-corrected chi connectivity index (χ2v) is 7.62. The van der Waals surface area contributed by atoms with Crippen LogP contribution in [0.5, 0.6) is 0 Å². The second kappa shape index (κ2) is 7.56. The Kier molecular flexibility index (Phi) is 5.92. The molecule has 0 aliphatic carbocycles. The number of carbonyl (C=O) groups is 2. The fourth-order valence-electron chi connectivity index (χ4n) is 2.73. The third-order valence-corrected chi connectivity index (χ3v) is 5.49. The van der Waals surface area contributed by atoms with Crippen molar-refractivity contribution in [2.24, 2.45) is 5.41 Å². The molecule has 132 valence electrons. The minimum atomic E-state index is -0.562. The molecule has 1 aromatic carbocycles. The van der Waals surface area contributed by atoms with Crippen molar-refractivity contribution in [1.82, 2.24) is 10.2 Å². The fraction of sp³-hybridized carbons (Fsp3) is 0.579. The molecule has 0 bridgehead atoms. The highest BCUT2D eigenvalue weighted by molar-refractivity contribution is 6.19. The molecule has 1 aliphatic heterocycles. The summed E-state index contributed by atoms with van der Waals surface area (Å²) in [7, 11) is 0. The SMILES string of the molecule is Cc1ccc(C(=O)N2CCC(NC(=O)C(C)(C)CCl)CC2)cc1C. The maximum absolute atomic E-state index is 12.6. The van der Waals surface area contributed by atoms with E-state index in [1.54, 1.807) is 0 Å². The molecule has 1 fully saturated rings. The third kappa shape index (κ3) is 4.29. The van der Waals surface area contributed by atoms with E-state index in [1.165, 1.54) is 5.56 Å². The van der Waals surface area contributed by atoms with E-state index in [0.29, 0.717) is 19.0 Å². The summed E-state index contributed by atoms with van der Waals surface area (Å²) >= 11 is 5.85. The molecule has 5 heteroatoms. The minimum Gasteiger partial charge on any atom is -0.353 e. The van der Waals surface area contributed by atoms with E-state index >= 15 is 0 Å². The summed E-state index contributed by atoms with van der Waals surface area (Å²) in [5.74, 6) is 0.351. The molecular formula is C19H27ClN2O2. The first kappa shape index (κ1) is 18.8. The molecule has 0 spiro atoms. The van der Waals surface area contributed by atoms with Crippen molar-refractivity contribution < 1.29 is 9.59 Å². The molecule has 0 unspecified atom stereocenters. The van der Waals surface area contributed by atoms with Crippen molar-refractivity contribution in [1.29, 1.82) is 0 Å². The number of amides is 2. The first-order chi connectivity index (χ1) is 11.2.